The summed E-state index contributed by atoms with van der Waals surface area (Å²) in [5.74, 6) is 1.20. The van der Waals surface area contributed by atoms with Gasteiger partial charge in [-0.15, -0.1) is 0 Å². The predicted molar refractivity (Wildman–Crippen MR) is 115 cm³/mol. The fraction of sp³-hybridized carbons (Fsp3) is 0.375. The zero-order chi connectivity index (χ0) is 20.5. The van der Waals surface area contributed by atoms with Gasteiger partial charge in [0.25, 0.3) is 0 Å². The smallest absolute Gasteiger partial charge is 0.244 e. The van der Waals surface area contributed by atoms with Crippen LogP contribution in [0.5, 0.6) is 11.5 Å². The van der Waals surface area contributed by atoms with Gasteiger partial charge in [0.05, 0.1) is 27.3 Å². The molecule has 0 bridgehead atoms. The molecule has 1 fully saturated rings. The molecule has 154 valence electrons. The summed E-state index contributed by atoms with van der Waals surface area (Å²) in [7, 11) is 3.20. The van der Waals surface area contributed by atoms with Gasteiger partial charge >= 0.3 is 0 Å². The number of methoxy groups -OCH3 is 2. The molecule has 0 aromatic heterocycles. The van der Waals surface area contributed by atoms with Crippen molar-refractivity contribution in [1.29, 1.82) is 0 Å². The van der Waals surface area contributed by atoms with Gasteiger partial charge in [-0.3, -0.25) is 4.79 Å². The van der Waals surface area contributed by atoms with E-state index in [4.69, 9.17) is 9.47 Å². The first-order chi connectivity index (χ1) is 14.2. The van der Waals surface area contributed by atoms with E-state index in [1.807, 2.05) is 24.3 Å². The molecule has 0 radical (unpaired) electrons. The number of ether oxygens (including phenoxy) is 2. The number of hydrogen-bond acceptors (Lipinski definition) is 3. The molecule has 5 heteroatoms. The van der Waals surface area contributed by atoms with Gasteiger partial charge in [-0.1, -0.05) is 30.3 Å². The van der Waals surface area contributed by atoms with Crippen molar-refractivity contribution >= 4 is 12.0 Å². The molecular formula is C24H31N2O3+. The van der Waals surface area contributed by atoms with Crippen molar-refractivity contribution in [1.82, 2.24) is 5.32 Å². The maximum atomic E-state index is 12.3. The summed E-state index contributed by atoms with van der Waals surface area (Å²) in [5, 5.41) is 3.01. The van der Waals surface area contributed by atoms with Gasteiger partial charge in [-0.2, -0.15) is 0 Å². The van der Waals surface area contributed by atoms with Gasteiger partial charge in [0.1, 0.15) is 6.54 Å². The number of hydrogen-bond donors (Lipinski definition) is 2. The lowest BCUT2D eigenvalue weighted by atomic mass is 10.0. The Morgan fingerprint density at radius 3 is 2.45 bits per heavy atom. The molecule has 1 amide bonds. The van der Waals surface area contributed by atoms with E-state index in [1.54, 1.807) is 31.3 Å². The van der Waals surface area contributed by atoms with E-state index in [1.165, 1.54) is 43.5 Å². The molecule has 1 saturated heterocycles. The second-order valence-electron chi connectivity index (χ2n) is 7.42. The minimum atomic E-state index is -0.111. The summed E-state index contributed by atoms with van der Waals surface area (Å²) in [5.41, 5.74) is 3.40. The fourth-order valence-electron chi connectivity index (χ4n) is 3.77. The van der Waals surface area contributed by atoms with E-state index in [2.05, 4.69) is 23.5 Å². The minimum Gasteiger partial charge on any atom is -0.493 e. The minimum absolute atomic E-state index is 0.111. The van der Waals surface area contributed by atoms with Crippen molar-refractivity contribution in [3.8, 4) is 11.5 Å². The summed E-state index contributed by atoms with van der Waals surface area (Å²) in [4.78, 5) is 14.0. The third-order valence-corrected chi connectivity index (χ3v) is 5.41. The van der Waals surface area contributed by atoms with Crippen molar-refractivity contribution < 1.29 is 19.2 Å². The van der Waals surface area contributed by atoms with Crippen LogP contribution in [-0.4, -0.2) is 33.2 Å². The van der Waals surface area contributed by atoms with Crippen LogP contribution >= 0.6 is 0 Å². The van der Waals surface area contributed by atoms with Gasteiger partial charge in [-0.25, -0.2) is 0 Å². The lowest BCUT2D eigenvalue weighted by molar-refractivity contribution is -0.918. The Kier molecular flexibility index (Phi) is 7.70. The summed E-state index contributed by atoms with van der Waals surface area (Å²) < 4.78 is 10.5. The molecule has 0 unspecified atom stereocenters. The van der Waals surface area contributed by atoms with Crippen LogP contribution in [-0.2, 0) is 17.9 Å². The second kappa shape index (κ2) is 10.7. The molecular weight excluding hydrogens is 364 g/mol. The van der Waals surface area contributed by atoms with Crippen LogP contribution in [0.25, 0.3) is 6.08 Å². The largest absolute Gasteiger partial charge is 0.493 e. The molecule has 1 aliphatic rings. The van der Waals surface area contributed by atoms with Crippen LogP contribution in [0.2, 0.25) is 0 Å². The quantitative estimate of drug-likeness (QED) is 0.676. The highest BCUT2D eigenvalue weighted by Gasteiger charge is 2.15. The number of benzene rings is 2. The van der Waals surface area contributed by atoms with Crippen LogP contribution in [0.4, 0.5) is 0 Å². The lowest BCUT2D eigenvalue weighted by Crippen LogP contribution is -3.11. The predicted octanol–water partition coefficient (Wildman–Crippen LogP) is 2.60. The molecule has 0 saturated carbocycles. The molecule has 5 nitrogen and oxygen atoms in total. The third kappa shape index (κ3) is 6.09. The first-order valence-corrected chi connectivity index (χ1v) is 10.3. The van der Waals surface area contributed by atoms with Crippen LogP contribution in [0, 0.1) is 0 Å². The van der Waals surface area contributed by atoms with E-state index >= 15 is 0 Å². The fourth-order valence-corrected chi connectivity index (χ4v) is 3.77. The van der Waals surface area contributed by atoms with Crippen LogP contribution in [0.1, 0.15) is 36.0 Å². The van der Waals surface area contributed by atoms with Crippen molar-refractivity contribution in [2.45, 2.75) is 32.4 Å². The average Bonchev–Trinajstić information content (AvgIpc) is 2.77. The summed E-state index contributed by atoms with van der Waals surface area (Å²) in [6, 6.07) is 14.0. The maximum absolute atomic E-state index is 12.3. The molecule has 1 aliphatic heterocycles. The number of piperidine rings is 1. The Labute approximate surface area is 173 Å². The number of amides is 1. The highest BCUT2D eigenvalue weighted by atomic mass is 16.5. The van der Waals surface area contributed by atoms with Crippen molar-refractivity contribution in [3.63, 3.8) is 0 Å². The van der Waals surface area contributed by atoms with E-state index in [9.17, 15) is 4.79 Å². The number of quaternary nitrogens is 1. The van der Waals surface area contributed by atoms with Gasteiger partial charge in [-0.05, 0) is 48.6 Å². The first kappa shape index (κ1) is 20.9. The Bertz CT molecular complexity index is 842. The van der Waals surface area contributed by atoms with Crippen LogP contribution in [0.3, 0.4) is 0 Å². The molecule has 0 atom stereocenters. The van der Waals surface area contributed by atoms with Crippen LogP contribution in [0.15, 0.2) is 48.5 Å². The molecule has 0 spiro atoms. The van der Waals surface area contributed by atoms with Crippen molar-refractivity contribution in [3.05, 3.63) is 65.2 Å². The van der Waals surface area contributed by atoms with E-state index < -0.39 is 0 Å². The third-order valence-electron chi connectivity index (χ3n) is 5.41. The zero-order valence-corrected chi connectivity index (χ0v) is 17.4. The Morgan fingerprint density at radius 2 is 1.72 bits per heavy atom. The van der Waals surface area contributed by atoms with Gasteiger partial charge < -0.3 is 19.7 Å². The highest BCUT2D eigenvalue weighted by Crippen LogP contribution is 2.27. The first-order valence-electron chi connectivity index (χ1n) is 10.3. The molecule has 3 rings (SSSR count). The van der Waals surface area contributed by atoms with E-state index in [0.29, 0.717) is 18.0 Å². The normalized spacial score (nSPS) is 14.7. The molecule has 0 aliphatic carbocycles. The summed E-state index contributed by atoms with van der Waals surface area (Å²) >= 11 is 0. The van der Waals surface area contributed by atoms with Crippen molar-refractivity contribution in [2.24, 2.45) is 0 Å². The zero-order valence-electron chi connectivity index (χ0n) is 17.4. The van der Waals surface area contributed by atoms with E-state index in [0.717, 1.165) is 12.1 Å². The Morgan fingerprint density at radius 1 is 1.00 bits per heavy atom. The standard InChI is InChI=1S/C24H30N2O3/c1-28-22-12-10-19(16-23(22)29-2)11-13-24(27)25-17-20-8-4-5-9-21(20)18-26-14-6-3-7-15-26/h4-5,8-13,16H,3,6-7,14-15,17-18H2,1-2H3,(H,25,27)/p+1/b13-11+. The number of rotatable bonds is 8. The number of nitrogens with one attached hydrogen (secondary N) is 2. The molecule has 1 heterocycles. The molecule has 2 N–H and O–H groups in total. The number of carbonyl (C=O) groups is 1. The SMILES string of the molecule is COc1ccc(/C=C/C(=O)NCc2ccccc2C[NH+]2CCCCC2)cc1OC. The monoisotopic (exact) mass is 395 g/mol. The van der Waals surface area contributed by atoms with Crippen molar-refractivity contribution in [2.75, 3.05) is 27.3 Å². The Balaban J connectivity index is 1.57. The Hall–Kier alpha value is -2.79. The lowest BCUT2D eigenvalue weighted by Gasteiger charge is -2.24. The van der Waals surface area contributed by atoms with Gasteiger partial charge in [0, 0.05) is 18.2 Å². The second-order valence-corrected chi connectivity index (χ2v) is 7.42. The molecule has 2 aromatic rings. The number of likely N-dealkylation sites (tertiary alicyclic amines) is 1. The van der Waals surface area contributed by atoms with Crippen LogP contribution < -0.4 is 19.7 Å². The molecule has 2 aromatic carbocycles. The van der Waals surface area contributed by atoms with Gasteiger partial charge in [0.2, 0.25) is 5.91 Å². The topological polar surface area (TPSA) is 52.0 Å². The van der Waals surface area contributed by atoms with E-state index in [-0.39, 0.29) is 5.91 Å². The van der Waals surface area contributed by atoms with Gasteiger partial charge in [0.15, 0.2) is 11.5 Å². The maximum Gasteiger partial charge on any atom is 0.244 e. The highest BCUT2D eigenvalue weighted by molar-refractivity contribution is 5.91. The summed E-state index contributed by atoms with van der Waals surface area (Å²) in [6.45, 7) is 4.07. The average molecular weight is 396 g/mol. The number of carbonyl (C=O) groups excluding carboxylic acids is 1. The molecule has 29 heavy (non-hydrogen) atoms. The summed E-state index contributed by atoms with van der Waals surface area (Å²) in [6.07, 6.45) is 7.32.